The summed E-state index contributed by atoms with van der Waals surface area (Å²) < 4.78 is 0. The fourth-order valence-electron chi connectivity index (χ4n) is 3.18. The smallest absolute Gasteiger partial charge is 0.0411 e. The molecule has 0 amide bonds. The van der Waals surface area contributed by atoms with Gasteiger partial charge >= 0.3 is 0 Å². The molecule has 0 bridgehead atoms. The highest BCUT2D eigenvalue weighted by molar-refractivity contribution is 5.55. The fourth-order valence-corrected chi connectivity index (χ4v) is 3.18. The highest BCUT2D eigenvalue weighted by Crippen LogP contribution is 2.29. The van der Waals surface area contributed by atoms with Gasteiger partial charge in [-0.05, 0) is 43.9 Å². The minimum Gasteiger partial charge on any atom is -0.371 e. The van der Waals surface area contributed by atoms with E-state index < -0.39 is 0 Å². The summed E-state index contributed by atoms with van der Waals surface area (Å²) in [4.78, 5) is 2.51. The molecule has 2 nitrogen and oxygen atoms in total. The van der Waals surface area contributed by atoms with Crippen molar-refractivity contribution in [2.75, 3.05) is 18.5 Å². The van der Waals surface area contributed by atoms with E-state index in [-0.39, 0.29) is 0 Å². The van der Waals surface area contributed by atoms with E-state index >= 15 is 0 Å². The SMILES string of the molecule is Cc1ccc(N(C)C2CCCC2)c(CNCC(C)C)c1. The Morgan fingerprint density at radius 2 is 1.95 bits per heavy atom. The van der Waals surface area contributed by atoms with Gasteiger partial charge in [-0.25, -0.2) is 0 Å². The lowest BCUT2D eigenvalue weighted by Gasteiger charge is -2.29. The maximum atomic E-state index is 3.59. The Balaban J connectivity index is 2.09. The standard InChI is InChI=1S/C18H30N2/c1-14(2)12-19-13-16-11-15(3)9-10-18(16)20(4)17-7-5-6-8-17/h9-11,14,17,19H,5-8,12-13H2,1-4H3. The van der Waals surface area contributed by atoms with Crippen LogP contribution in [-0.2, 0) is 6.54 Å². The number of aryl methyl sites for hydroxylation is 1. The molecule has 0 aliphatic heterocycles. The molecule has 1 fully saturated rings. The van der Waals surface area contributed by atoms with Gasteiger partial charge in [0, 0.05) is 25.3 Å². The molecule has 1 N–H and O–H groups in total. The molecule has 1 aliphatic carbocycles. The van der Waals surface area contributed by atoms with Crippen LogP contribution >= 0.6 is 0 Å². The molecule has 2 heteroatoms. The van der Waals surface area contributed by atoms with Crippen molar-refractivity contribution in [1.29, 1.82) is 0 Å². The third kappa shape index (κ3) is 3.99. The van der Waals surface area contributed by atoms with Gasteiger partial charge in [0.2, 0.25) is 0 Å². The number of hydrogen-bond donors (Lipinski definition) is 1. The average Bonchev–Trinajstić information content (AvgIpc) is 2.91. The molecule has 0 saturated heterocycles. The molecule has 0 unspecified atom stereocenters. The summed E-state index contributed by atoms with van der Waals surface area (Å²) in [6, 6.07) is 7.63. The first kappa shape index (κ1) is 15.4. The molecule has 0 aromatic heterocycles. The van der Waals surface area contributed by atoms with Crippen molar-refractivity contribution in [2.24, 2.45) is 5.92 Å². The lowest BCUT2D eigenvalue weighted by atomic mass is 10.1. The predicted molar refractivity (Wildman–Crippen MR) is 88.4 cm³/mol. The number of anilines is 1. The minimum absolute atomic E-state index is 0.704. The maximum Gasteiger partial charge on any atom is 0.0411 e. The van der Waals surface area contributed by atoms with Crippen molar-refractivity contribution in [3.05, 3.63) is 29.3 Å². The summed E-state index contributed by atoms with van der Waals surface area (Å²) in [6.07, 6.45) is 5.48. The van der Waals surface area contributed by atoms with Crippen LogP contribution in [0.2, 0.25) is 0 Å². The van der Waals surface area contributed by atoms with Gasteiger partial charge in [-0.15, -0.1) is 0 Å². The molecule has 0 heterocycles. The minimum atomic E-state index is 0.704. The van der Waals surface area contributed by atoms with Crippen molar-refractivity contribution in [3.63, 3.8) is 0 Å². The number of nitrogens with one attached hydrogen (secondary N) is 1. The largest absolute Gasteiger partial charge is 0.371 e. The third-order valence-corrected chi connectivity index (χ3v) is 4.36. The second kappa shape index (κ2) is 7.12. The molecule has 1 aromatic rings. The molecular formula is C18H30N2. The van der Waals surface area contributed by atoms with Gasteiger partial charge in [0.25, 0.3) is 0 Å². The van der Waals surface area contributed by atoms with E-state index in [0.29, 0.717) is 5.92 Å². The zero-order valence-electron chi connectivity index (χ0n) is 13.6. The van der Waals surface area contributed by atoms with E-state index in [1.807, 2.05) is 0 Å². The second-order valence-electron chi connectivity index (χ2n) is 6.71. The molecular weight excluding hydrogens is 244 g/mol. The van der Waals surface area contributed by atoms with Crippen LogP contribution in [0.15, 0.2) is 18.2 Å². The monoisotopic (exact) mass is 274 g/mol. The Kier molecular flexibility index (Phi) is 5.47. The van der Waals surface area contributed by atoms with Crippen LogP contribution in [0.4, 0.5) is 5.69 Å². The van der Waals surface area contributed by atoms with Gasteiger partial charge in [0.15, 0.2) is 0 Å². The summed E-state index contributed by atoms with van der Waals surface area (Å²) in [7, 11) is 2.27. The summed E-state index contributed by atoms with van der Waals surface area (Å²) in [5.41, 5.74) is 4.22. The molecule has 1 saturated carbocycles. The Morgan fingerprint density at radius 1 is 1.25 bits per heavy atom. The molecule has 0 spiro atoms. The van der Waals surface area contributed by atoms with E-state index in [2.05, 4.69) is 56.2 Å². The maximum absolute atomic E-state index is 3.59. The summed E-state index contributed by atoms with van der Waals surface area (Å²) in [5.74, 6) is 0.704. The highest BCUT2D eigenvalue weighted by Gasteiger charge is 2.21. The van der Waals surface area contributed by atoms with Crippen molar-refractivity contribution in [3.8, 4) is 0 Å². The van der Waals surface area contributed by atoms with Crippen molar-refractivity contribution in [2.45, 2.75) is 59.0 Å². The van der Waals surface area contributed by atoms with Crippen LogP contribution in [0, 0.1) is 12.8 Å². The van der Waals surface area contributed by atoms with Gasteiger partial charge in [-0.1, -0.05) is 44.4 Å². The summed E-state index contributed by atoms with van der Waals surface area (Å²) in [6.45, 7) is 8.77. The quantitative estimate of drug-likeness (QED) is 0.839. The zero-order chi connectivity index (χ0) is 14.5. The zero-order valence-corrected chi connectivity index (χ0v) is 13.6. The predicted octanol–water partition coefficient (Wildman–Crippen LogP) is 4.12. The fraction of sp³-hybridized carbons (Fsp3) is 0.667. The number of hydrogen-bond acceptors (Lipinski definition) is 2. The molecule has 20 heavy (non-hydrogen) atoms. The van der Waals surface area contributed by atoms with Crippen molar-refractivity contribution < 1.29 is 0 Å². The van der Waals surface area contributed by atoms with Crippen LogP contribution in [0.3, 0.4) is 0 Å². The lowest BCUT2D eigenvalue weighted by Crippen LogP contribution is -2.30. The highest BCUT2D eigenvalue weighted by atomic mass is 15.1. The van der Waals surface area contributed by atoms with Crippen LogP contribution < -0.4 is 10.2 Å². The van der Waals surface area contributed by atoms with Gasteiger partial charge in [0.1, 0.15) is 0 Å². The lowest BCUT2D eigenvalue weighted by molar-refractivity contribution is 0.551. The van der Waals surface area contributed by atoms with E-state index in [1.165, 1.54) is 42.5 Å². The first-order chi connectivity index (χ1) is 9.58. The van der Waals surface area contributed by atoms with Gasteiger partial charge in [-0.3, -0.25) is 0 Å². The Labute approximate surface area is 124 Å². The van der Waals surface area contributed by atoms with E-state index in [9.17, 15) is 0 Å². The van der Waals surface area contributed by atoms with Gasteiger partial charge in [0.05, 0.1) is 0 Å². The number of rotatable bonds is 6. The third-order valence-electron chi connectivity index (χ3n) is 4.36. The van der Waals surface area contributed by atoms with Crippen LogP contribution in [0.5, 0.6) is 0 Å². The van der Waals surface area contributed by atoms with Gasteiger partial charge < -0.3 is 10.2 Å². The van der Waals surface area contributed by atoms with Crippen LogP contribution in [-0.4, -0.2) is 19.6 Å². The molecule has 2 rings (SSSR count). The van der Waals surface area contributed by atoms with Crippen molar-refractivity contribution >= 4 is 5.69 Å². The summed E-state index contributed by atoms with van der Waals surface area (Å²) in [5, 5.41) is 3.59. The molecule has 0 radical (unpaired) electrons. The van der Waals surface area contributed by atoms with Crippen LogP contribution in [0.1, 0.15) is 50.7 Å². The first-order valence-electron chi connectivity index (χ1n) is 8.11. The summed E-state index contributed by atoms with van der Waals surface area (Å²) >= 11 is 0. The second-order valence-corrected chi connectivity index (χ2v) is 6.71. The van der Waals surface area contributed by atoms with Crippen LogP contribution in [0.25, 0.3) is 0 Å². The van der Waals surface area contributed by atoms with Crippen molar-refractivity contribution in [1.82, 2.24) is 5.32 Å². The Bertz CT molecular complexity index is 419. The number of nitrogens with zero attached hydrogens (tertiary/aromatic N) is 1. The van der Waals surface area contributed by atoms with E-state index in [1.54, 1.807) is 0 Å². The molecule has 1 aliphatic rings. The topological polar surface area (TPSA) is 15.3 Å². The average molecular weight is 274 g/mol. The van der Waals surface area contributed by atoms with E-state index in [0.717, 1.165) is 19.1 Å². The normalized spacial score (nSPS) is 16.1. The van der Waals surface area contributed by atoms with E-state index in [4.69, 9.17) is 0 Å². The molecule has 1 aromatic carbocycles. The molecule has 0 atom stereocenters. The molecule has 112 valence electrons. The van der Waals surface area contributed by atoms with Gasteiger partial charge in [-0.2, -0.15) is 0 Å². The Hall–Kier alpha value is -1.02. The number of benzene rings is 1. The first-order valence-corrected chi connectivity index (χ1v) is 8.11. The Morgan fingerprint density at radius 3 is 2.60 bits per heavy atom.